The first-order chi connectivity index (χ1) is 17.0. The molecular weight excluding hydrogens is 478 g/mol. The standard InChI is InChI=1S/C26H27N5O2S2/c1-15-10-20-23(27-14-28-25(20)35-15)17-6-8-30(9-7-17)12-16-2-3-18-13-31(26(34)19(18)11-16)21-4-5-22(32)29-24(21)33/h2-3,6,10-11,14,21,26,34H,4-5,7-9,12-13H2,1H3,(H,29,32,33). The number of nitrogens with zero attached hydrogens (tertiary/aromatic N) is 4. The number of imide groups is 1. The van der Waals surface area contributed by atoms with Gasteiger partial charge in [0, 0.05) is 42.9 Å². The number of thiol groups is 1. The first-order valence-corrected chi connectivity index (χ1v) is 13.3. The lowest BCUT2D eigenvalue weighted by Gasteiger charge is -2.32. The Hall–Kier alpha value is -2.59. The van der Waals surface area contributed by atoms with Crippen molar-refractivity contribution in [2.75, 3.05) is 13.1 Å². The molecule has 35 heavy (non-hydrogen) atoms. The maximum absolute atomic E-state index is 12.4. The minimum atomic E-state index is -0.308. The summed E-state index contributed by atoms with van der Waals surface area (Å²) in [6.45, 7) is 5.52. The van der Waals surface area contributed by atoms with Crippen LogP contribution in [0.4, 0.5) is 0 Å². The monoisotopic (exact) mass is 505 g/mol. The number of amides is 2. The molecule has 3 aliphatic heterocycles. The number of piperidine rings is 1. The van der Waals surface area contributed by atoms with Gasteiger partial charge in [0.1, 0.15) is 11.2 Å². The lowest BCUT2D eigenvalue weighted by Crippen LogP contribution is -2.51. The summed E-state index contributed by atoms with van der Waals surface area (Å²) in [6.07, 6.45) is 5.88. The van der Waals surface area contributed by atoms with E-state index in [0.29, 0.717) is 19.4 Å². The van der Waals surface area contributed by atoms with Crippen molar-refractivity contribution in [1.82, 2.24) is 25.1 Å². The Morgan fingerprint density at radius 2 is 2.09 bits per heavy atom. The van der Waals surface area contributed by atoms with Crippen LogP contribution in [0, 0.1) is 6.92 Å². The van der Waals surface area contributed by atoms with Crippen molar-refractivity contribution in [3.05, 3.63) is 63.9 Å². The van der Waals surface area contributed by atoms with Gasteiger partial charge in [-0.1, -0.05) is 24.3 Å². The van der Waals surface area contributed by atoms with E-state index in [-0.39, 0.29) is 23.2 Å². The Morgan fingerprint density at radius 1 is 1.20 bits per heavy atom. The average molecular weight is 506 g/mol. The molecule has 0 spiro atoms. The molecule has 1 fully saturated rings. The van der Waals surface area contributed by atoms with Crippen molar-refractivity contribution < 1.29 is 9.59 Å². The van der Waals surface area contributed by atoms with Crippen LogP contribution in [0.2, 0.25) is 0 Å². The molecule has 180 valence electrons. The first-order valence-electron chi connectivity index (χ1n) is 12.0. The fourth-order valence-corrected chi connectivity index (χ4v) is 6.76. The molecule has 0 saturated carbocycles. The molecule has 0 radical (unpaired) electrons. The zero-order valence-corrected chi connectivity index (χ0v) is 21.2. The summed E-state index contributed by atoms with van der Waals surface area (Å²) in [5.41, 5.74) is 6.00. The smallest absolute Gasteiger partial charge is 0.243 e. The van der Waals surface area contributed by atoms with Crippen LogP contribution in [0.15, 0.2) is 36.7 Å². The van der Waals surface area contributed by atoms with Crippen molar-refractivity contribution in [2.45, 2.75) is 50.7 Å². The second-order valence-electron chi connectivity index (χ2n) is 9.56. The zero-order chi connectivity index (χ0) is 24.1. The highest BCUT2D eigenvalue weighted by Gasteiger charge is 2.39. The molecule has 5 heterocycles. The van der Waals surface area contributed by atoms with Gasteiger partial charge in [0.25, 0.3) is 0 Å². The van der Waals surface area contributed by atoms with E-state index in [0.717, 1.165) is 42.0 Å². The Labute approximate surface area is 213 Å². The third kappa shape index (κ3) is 4.31. The minimum absolute atomic E-state index is 0.143. The van der Waals surface area contributed by atoms with Crippen LogP contribution in [-0.4, -0.2) is 50.7 Å². The summed E-state index contributed by atoms with van der Waals surface area (Å²) >= 11 is 6.58. The molecule has 1 aromatic carbocycles. The summed E-state index contributed by atoms with van der Waals surface area (Å²) in [5.74, 6) is -0.392. The molecule has 9 heteroatoms. The predicted molar refractivity (Wildman–Crippen MR) is 140 cm³/mol. The lowest BCUT2D eigenvalue weighted by atomic mass is 10.0. The number of fused-ring (bicyclic) bond motifs is 2. The molecule has 2 unspecified atom stereocenters. The fraction of sp³-hybridized carbons (Fsp3) is 0.385. The Balaban J connectivity index is 1.14. The van der Waals surface area contributed by atoms with Gasteiger partial charge in [-0.3, -0.25) is 24.7 Å². The molecule has 2 amide bonds. The van der Waals surface area contributed by atoms with Crippen molar-refractivity contribution in [3.63, 3.8) is 0 Å². The third-order valence-electron chi connectivity index (χ3n) is 7.22. The summed E-state index contributed by atoms with van der Waals surface area (Å²) in [4.78, 5) is 39.8. The number of benzene rings is 1. The molecule has 3 aliphatic rings. The van der Waals surface area contributed by atoms with Crippen molar-refractivity contribution in [1.29, 1.82) is 0 Å². The second kappa shape index (κ2) is 9.13. The number of rotatable bonds is 4. The van der Waals surface area contributed by atoms with E-state index in [4.69, 9.17) is 12.6 Å². The van der Waals surface area contributed by atoms with E-state index in [2.05, 4.69) is 62.3 Å². The molecule has 0 aliphatic carbocycles. The van der Waals surface area contributed by atoms with E-state index in [1.165, 1.54) is 27.1 Å². The van der Waals surface area contributed by atoms with E-state index >= 15 is 0 Å². The topological polar surface area (TPSA) is 78.4 Å². The summed E-state index contributed by atoms with van der Waals surface area (Å²) in [7, 11) is 0. The molecule has 1 saturated heterocycles. The van der Waals surface area contributed by atoms with Crippen LogP contribution in [0.25, 0.3) is 15.8 Å². The fourth-order valence-electron chi connectivity index (χ4n) is 5.43. The predicted octanol–water partition coefficient (Wildman–Crippen LogP) is 3.84. The van der Waals surface area contributed by atoms with Crippen LogP contribution in [0.1, 0.15) is 51.9 Å². The quantitative estimate of drug-likeness (QED) is 0.415. The molecular formula is C26H27N5O2S2. The Bertz CT molecular complexity index is 1370. The van der Waals surface area contributed by atoms with Crippen LogP contribution < -0.4 is 5.32 Å². The zero-order valence-electron chi connectivity index (χ0n) is 19.5. The Morgan fingerprint density at radius 3 is 2.89 bits per heavy atom. The molecule has 3 aromatic rings. The normalized spacial score (nSPS) is 23.4. The third-order valence-corrected chi connectivity index (χ3v) is 8.76. The SMILES string of the molecule is Cc1cc2c(C3=CCN(Cc4ccc5c(c4)C(S)N(C4CCC(=O)NC4=O)C5)CC3)ncnc2s1. The van der Waals surface area contributed by atoms with Gasteiger partial charge >= 0.3 is 0 Å². The van der Waals surface area contributed by atoms with Gasteiger partial charge in [-0.2, -0.15) is 12.6 Å². The summed E-state index contributed by atoms with van der Waals surface area (Å²) in [5, 5.41) is 3.49. The number of carbonyl (C=O) groups is 2. The van der Waals surface area contributed by atoms with Gasteiger partial charge in [-0.05, 0) is 48.1 Å². The highest BCUT2D eigenvalue weighted by Crippen LogP contribution is 2.40. The van der Waals surface area contributed by atoms with Crippen molar-refractivity contribution in [2.24, 2.45) is 0 Å². The number of nitrogens with one attached hydrogen (secondary N) is 1. The summed E-state index contributed by atoms with van der Waals surface area (Å²) in [6, 6.07) is 8.48. The van der Waals surface area contributed by atoms with Gasteiger partial charge in [0.05, 0.1) is 17.1 Å². The maximum Gasteiger partial charge on any atom is 0.243 e. The molecule has 7 nitrogen and oxygen atoms in total. The molecule has 2 aromatic heterocycles. The second-order valence-corrected chi connectivity index (χ2v) is 11.3. The number of carbonyl (C=O) groups excluding carboxylic acids is 2. The van der Waals surface area contributed by atoms with Crippen LogP contribution in [0.5, 0.6) is 0 Å². The van der Waals surface area contributed by atoms with Crippen LogP contribution in [-0.2, 0) is 22.7 Å². The van der Waals surface area contributed by atoms with E-state index in [1.807, 2.05) is 0 Å². The van der Waals surface area contributed by atoms with Gasteiger partial charge in [0.2, 0.25) is 11.8 Å². The highest BCUT2D eigenvalue weighted by molar-refractivity contribution is 7.80. The van der Waals surface area contributed by atoms with E-state index in [1.54, 1.807) is 17.7 Å². The van der Waals surface area contributed by atoms with Gasteiger partial charge < -0.3 is 0 Å². The molecule has 2 atom stereocenters. The van der Waals surface area contributed by atoms with Gasteiger partial charge in [-0.25, -0.2) is 9.97 Å². The highest BCUT2D eigenvalue weighted by atomic mass is 32.1. The maximum atomic E-state index is 12.4. The number of hydrogen-bond donors (Lipinski definition) is 2. The largest absolute Gasteiger partial charge is 0.295 e. The molecule has 1 N–H and O–H groups in total. The molecule has 6 rings (SSSR count). The number of hydrogen-bond acceptors (Lipinski definition) is 8. The van der Waals surface area contributed by atoms with Crippen LogP contribution >= 0.6 is 24.0 Å². The van der Waals surface area contributed by atoms with Crippen LogP contribution in [0.3, 0.4) is 0 Å². The average Bonchev–Trinajstić information content (AvgIpc) is 3.38. The summed E-state index contributed by atoms with van der Waals surface area (Å²) < 4.78 is 0. The van der Waals surface area contributed by atoms with Crippen molar-refractivity contribution >= 4 is 51.6 Å². The first kappa shape index (κ1) is 22.8. The van der Waals surface area contributed by atoms with E-state index in [9.17, 15) is 9.59 Å². The molecule has 0 bridgehead atoms. The van der Waals surface area contributed by atoms with Gasteiger partial charge in [0.15, 0.2) is 0 Å². The number of aryl methyl sites for hydroxylation is 1. The van der Waals surface area contributed by atoms with Crippen molar-refractivity contribution in [3.8, 4) is 0 Å². The van der Waals surface area contributed by atoms with E-state index < -0.39 is 0 Å². The lowest BCUT2D eigenvalue weighted by molar-refractivity contribution is -0.137. The minimum Gasteiger partial charge on any atom is -0.295 e. The Kier molecular flexibility index (Phi) is 5.96. The number of aromatic nitrogens is 2. The number of thiophene rings is 1. The van der Waals surface area contributed by atoms with Gasteiger partial charge in [-0.15, -0.1) is 11.3 Å².